The second-order valence-corrected chi connectivity index (χ2v) is 10.7. The van der Waals surface area contributed by atoms with Gasteiger partial charge in [-0.1, -0.05) is 107 Å². The molecule has 2 aromatic rings. The van der Waals surface area contributed by atoms with Gasteiger partial charge in [0.05, 0.1) is 19.3 Å². The summed E-state index contributed by atoms with van der Waals surface area (Å²) in [4.78, 5) is 0. The van der Waals surface area contributed by atoms with Crippen LogP contribution in [-0.2, 0) is 9.47 Å². The fourth-order valence-electron chi connectivity index (χ4n) is 5.91. The quantitative estimate of drug-likeness (QED) is 0.310. The summed E-state index contributed by atoms with van der Waals surface area (Å²) in [6.07, 6.45) is 16.3. The zero-order valence-corrected chi connectivity index (χ0v) is 21.6. The molecule has 2 atom stereocenters. The van der Waals surface area contributed by atoms with Crippen molar-refractivity contribution >= 4 is 0 Å². The van der Waals surface area contributed by atoms with Crippen LogP contribution in [0.25, 0.3) is 11.1 Å². The summed E-state index contributed by atoms with van der Waals surface area (Å²) in [5.74, 6) is 1.73. The number of benzene rings is 2. The van der Waals surface area contributed by atoms with Crippen LogP contribution in [0.4, 0.5) is 0 Å². The third-order valence-electron chi connectivity index (χ3n) is 8.14. The molecular weight excluding hydrogens is 416 g/mol. The van der Waals surface area contributed by atoms with Crippen LogP contribution >= 0.6 is 0 Å². The molecule has 0 amide bonds. The van der Waals surface area contributed by atoms with Gasteiger partial charge in [0.25, 0.3) is 0 Å². The Labute approximate surface area is 208 Å². The van der Waals surface area contributed by atoms with Crippen LogP contribution < -0.4 is 0 Å². The molecule has 2 aliphatic rings. The maximum absolute atomic E-state index is 6.18. The van der Waals surface area contributed by atoms with Crippen LogP contribution in [0.5, 0.6) is 0 Å². The minimum atomic E-state index is 0.0654. The van der Waals surface area contributed by atoms with Gasteiger partial charge in [0.1, 0.15) is 6.10 Å². The smallest absolute Gasteiger partial charge is 0.106 e. The average molecular weight is 463 g/mol. The first-order valence-electron chi connectivity index (χ1n) is 14.2. The van der Waals surface area contributed by atoms with E-state index in [0.717, 1.165) is 24.9 Å². The third kappa shape index (κ3) is 7.18. The summed E-state index contributed by atoms with van der Waals surface area (Å²) in [6, 6.07) is 18.3. The Bertz CT molecular complexity index is 809. The van der Waals surface area contributed by atoms with Crippen molar-refractivity contribution in [2.24, 2.45) is 5.92 Å². The number of unbranched alkanes of at least 4 members (excludes halogenated alkanes) is 4. The van der Waals surface area contributed by atoms with Gasteiger partial charge in [0.15, 0.2) is 0 Å². The van der Waals surface area contributed by atoms with Gasteiger partial charge < -0.3 is 9.47 Å². The van der Waals surface area contributed by atoms with Gasteiger partial charge in [-0.05, 0) is 66.2 Å². The molecule has 2 nitrogen and oxygen atoms in total. The summed E-state index contributed by atoms with van der Waals surface area (Å²) in [7, 11) is 0. The normalized spacial score (nSPS) is 25.4. The average Bonchev–Trinajstić information content (AvgIpc) is 2.90. The van der Waals surface area contributed by atoms with Crippen LogP contribution in [-0.4, -0.2) is 19.3 Å². The van der Waals surface area contributed by atoms with Crippen LogP contribution in [0.15, 0.2) is 48.5 Å². The first-order chi connectivity index (χ1) is 16.8. The van der Waals surface area contributed by atoms with Gasteiger partial charge in [-0.15, -0.1) is 0 Å². The van der Waals surface area contributed by atoms with E-state index in [9.17, 15) is 0 Å². The maximum atomic E-state index is 6.18. The summed E-state index contributed by atoms with van der Waals surface area (Å²) < 4.78 is 12.3. The molecule has 0 radical (unpaired) electrons. The Kier molecular flexibility index (Phi) is 10.1. The molecule has 1 heterocycles. The molecular formula is C32H46O2. The lowest BCUT2D eigenvalue weighted by Crippen LogP contribution is -2.31. The Morgan fingerprint density at radius 2 is 1.26 bits per heavy atom. The Hall–Kier alpha value is -1.64. The molecule has 1 saturated carbocycles. The van der Waals surface area contributed by atoms with E-state index in [1.807, 2.05) is 0 Å². The lowest BCUT2D eigenvalue weighted by Gasteiger charge is -2.30. The minimum Gasteiger partial charge on any atom is -0.373 e. The summed E-state index contributed by atoms with van der Waals surface area (Å²) >= 11 is 0. The summed E-state index contributed by atoms with van der Waals surface area (Å²) in [5.41, 5.74) is 5.34. The second kappa shape index (κ2) is 13.4. The Morgan fingerprint density at radius 1 is 0.618 bits per heavy atom. The van der Waals surface area contributed by atoms with Gasteiger partial charge in [0.2, 0.25) is 0 Å². The number of rotatable bonds is 11. The molecule has 1 aliphatic carbocycles. The van der Waals surface area contributed by atoms with Crippen molar-refractivity contribution in [2.75, 3.05) is 13.2 Å². The minimum absolute atomic E-state index is 0.0654. The van der Waals surface area contributed by atoms with Crippen molar-refractivity contribution in [3.05, 3.63) is 59.7 Å². The van der Waals surface area contributed by atoms with E-state index in [1.165, 1.54) is 92.9 Å². The fraction of sp³-hybridized carbons (Fsp3) is 0.625. The van der Waals surface area contributed by atoms with Crippen LogP contribution in [0, 0.1) is 5.92 Å². The maximum Gasteiger partial charge on any atom is 0.106 e. The van der Waals surface area contributed by atoms with E-state index in [2.05, 4.69) is 62.4 Å². The van der Waals surface area contributed by atoms with Crippen molar-refractivity contribution in [1.29, 1.82) is 0 Å². The predicted molar refractivity (Wildman–Crippen MR) is 143 cm³/mol. The number of hydrogen-bond donors (Lipinski definition) is 0. The van der Waals surface area contributed by atoms with Crippen molar-refractivity contribution in [2.45, 2.75) is 109 Å². The van der Waals surface area contributed by atoms with Gasteiger partial charge in [-0.2, -0.15) is 0 Å². The lowest BCUT2D eigenvalue weighted by molar-refractivity contribution is -0.137. The SMILES string of the molecule is CCCCCCC[C@H]1CO[C@H](c2ccc(-c3ccc([C@H]4CC[C@H](CCC)CC4)cc3)cc2)CO1. The van der Waals surface area contributed by atoms with E-state index < -0.39 is 0 Å². The van der Waals surface area contributed by atoms with Crippen LogP contribution in [0.2, 0.25) is 0 Å². The molecule has 2 aromatic carbocycles. The molecule has 4 rings (SSSR count). The standard InChI is InChI=1S/C32H46O2/c1-3-5-6-7-8-10-31-23-34-32(24-33-31)30-21-19-29(20-22-30)28-17-15-27(16-18-28)26-13-11-25(9-4-2)12-14-26/h15-22,25-26,31-32H,3-14,23-24H2,1-2H3/t25-,26-,31-,32-/m0/s1. The van der Waals surface area contributed by atoms with E-state index in [4.69, 9.17) is 9.47 Å². The van der Waals surface area contributed by atoms with E-state index >= 15 is 0 Å². The number of hydrogen-bond acceptors (Lipinski definition) is 2. The Morgan fingerprint density at radius 3 is 1.85 bits per heavy atom. The highest BCUT2D eigenvalue weighted by atomic mass is 16.6. The molecule has 186 valence electrons. The third-order valence-corrected chi connectivity index (χ3v) is 8.14. The molecule has 2 fully saturated rings. The van der Waals surface area contributed by atoms with Gasteiger partial charge in [-0.25, -0.2) is 0 Å². The van der Waals surface area contributed by atoms with Crippen LogP contribution in [0.1, 0.15) is 114 Å². The van der Waals surface area contributed by atoms with Gasteiger partial charge in [0, 0.05) is 0 Å². The van der Waals surface area contributed by atoms with Crippen LogP contribution in [0.3, 0.4) is 0 Å². The zero-order chi connectivity index (χ0) is 23.6. The molecule has 0 unspecified atom stereocenters. The second-order valence-electron chi connectivity index (χ2n) is 10.7. The van der Waals surface area contributed by atoms with Gasteiger partial charge >= 0.3 is 0 Å². The first kappa shape index (κ1) is 25.5. The molecule has 0 N–H and O–H groups in total. The van der Waals surface area contributed by atoms with Crippen molar-refractivity contribution in [3.8, 4) is 11.1 Å². The molecule has 34 heavy (non-hydrogen) atoms. The van der Waals surface area contributed by atoms with E-state index in [-0.39, 0.29) is 12.2 Å². The van der Waals surface area contributed by atoms with E-state index in [1.54, 1.807) is 0 Å². The van der Waals surface area contributed by atoms with E-state index in [0.29, 0.717) is 6.61 Å². The highest BCUT2D eigenvalue weighted by Gasteiger charge is 2.24. The van der Waals surface area contributed by atoms with Crippen molar-refractivity contribution in [3.63, 3.8) is 0 Å². The fourth-order valence-corrected chi connectivity index (χ4v) is 5.91. The zero-order valence-electron chi connectivity index (χ0n) is 21.6. The molecule has 1 aliphatic heterocycles. The lowest BCUT2D eigenvalue weighted by atomic mass is 9.77. The highest BCUT2D eigenvalue weighted by molar-refractivity contribution is 5.64. The largest absolute Gasteiger partial charge is 0.373 e. The summed E-state index contributed by atoms with van der Waals surface area (Å²) in [6.45, 7) is 5.98. The molecule has 0 aromatic heterocycles. The van der Waals surface area contributed by atoms with Crippen molar-refractivity contribution < 1.29 is 9.47 Å². The Balaban J connectivity index is 1.24. The topological polar surface area (TPSA) is 18.5 Å². The first-order valence-corrected chi connectivity index (χ1v) is 14.2. The van der Waals surface area contributed by atoms with Crippen molar-refractivity contribution in [1.82, 2.24) is 0 Å². The predicted octanol–water partition coefficient (Wildman–Crippen LogP) is 9.24. The molecule has 1 saturated heterocycles. The molecule has 2 heteroatoms. The molecule has 0 spiro atoms. The van der Waals surface area contributed by atoms with Gasteiger partial charge in [-0.3, -0.25) is 0 Å². The summed E-state index contributed by atoms with van der Waals surface area (Å²) in [5, 5.41) is 0. The highest BCUT2D eigenvalue weighted by Crippen LogP contribution is 2.38. The monoisotopic (exact) mass is 462 g/mol. The molecule has 0 bridgehead atoms. The number of ether oxygens (including phenoxy) is 2.